The Balaban J connectivity index is 2.19. The molecule has 0 spiro atoms. The predicted molar refractivity (Wildman–Crippen MR) is 97.6 cm³/mol. The zero-order valence-electron chi connectivity index (χ0n) is 13.7. The number of aromatic carboxylic acids is 1. The molecular formula is C19H12N2O6. The number of carboxylic acid groups (broad SMARTS) is 1. The first-order valence-corrected chi connectivity index (χ1v) is 7.74. The Labute approximate surface area is 152 Å². The summed E-state index contributed by atoms with van der Waals surface area (Å²) in [6, 6.07) is 17.5. The van der Waals surface area contributed by atoms with E-state index in [9.17, 15) is 30.1 Å². The minimum absolute atomic E-state index is 0.169. The molecule has 3 rings (SSSR count). The molecule has 0 aliphatic carbocycles. The Bertz CT molecular complexity index is 1010. The van der Waals surface area contributed by atoms with E-state index in [-0.39, 0.29) is 11.1 Å². The van der Waals surface area contributed by atoms with E-state index in [4.69, 9.17) is 0 Å². The lowest BCUT2D eigenvalue weighted by Gasteiger charge is -2.09. The van der Waals surface area contributed by atoms with Gasteiger partial charge >= 0.3 is 5.97 Å². The topological polar surface area (TPSA) is 124 Å². The van der Waals surface area contributed by atoms with Crippen LogP contribution in [-0.4, -0.2) is 20.9 Å². The molecule has 1 N–H and O–H groups in total. The van der Waals surface area contributed by atoms with Crippen LogP contribution in [0.3, 0.4) is 0 Å². The van der Waals surface area contributed by atoms with Gasteiger partial charge in [-0.2, -0.15) is 0 Å². The number of hydrogen-bond acceptors (Lipinski definition) is 5. The lowest BCUT2D eigenvalue weighted by molar-refractivity contribution is -0.393. The highest BCUT2D eigenvalue weighted by Crippen LogP contribution is 2.37. The standard InChI is InChI=1S/C19H12N2O6/c22-19(23)16-10-15(20(24)25)11-17(21(26)27)18(16)14-8-6-13(7-9-14)12-4-2-1-3-5-12/h1-11H,(H,22,23). The molecule has 0 heterocycles. The van der Waals surface area contributed by atoms with E-state index < -0.39 is 32.8 Å². The van der Waals surface area contributed by atoms with Gasteiger partial charge in [-0.1, -0.05) is 54.6 Å². The molecule has 3 aromatic rings. The van der Waals surface area contributed by atoms with Crippen molar-refractivity contribution in [1.82, 2.24) is 0 Å². The maximum Gasteiger partial charge on any atom is 0.336 e. The highest BCUT2D eigenvalue weighted by Gasteiger charge is 2.28. The largest absolute Gasteiger partial charge is 0.478 e. The number of nitro benzene ring substituents is 2. The quantitative estimate of drug-likeness (QED) is 0.524. The van der Waals surface area contributed by atoms with Gasteiger partial charge in [-0.25, -0.2) is 4.79 Å². The van der Waals surface area contributed by atoms with E-state index in [1.807, 2.05) is 30.3 Å². The van der Waals surface area contributed by atoms with Crippen LogP contribution in [0.15, 0.2) is 66.7 Å². The first kappa shape index (κ1) is 17.7. The van der Waals surface area contributed by atoms with Gasteiger partial charge in [0.25, 0.3) is 11.4 Å². The van der Waals surface area contributed by atoms with Crippen LogP contribution in [0, 0.1) is 20.2 Å². The Morgan fingerprint density at radius 1 is 0.778 bits per heavy atom. The highest BCUT2D eigenvalue weighted by molar-refractivity contribution is 6.00. The van der Waals surface area contributed by atoms with E-state index in [2.05, 4.69) is 0 Å². The van der Waals surface area contributed by atoms with E-state index in [0.29, 0.717) is 0 Å². The van der Waals surface area contributed by atoms with E-state index >= 15 is 0 Å². The summed E-state index contributed by atoms with van der Waals surface area (Å²) < 4.78 is 0. The third-order valence-corrected chi connectivity index (χ3v) is 4.02. The van der Waals surface area contributed by atoms with Crippen molar-refractivity contribution >= 4 is 17.3 Å². The number of carboxylic acids is 1. The minimum atomic E-state index is -1.48. The van der Waals surface area contributed by atoms with Crippen LogP contribution in [0.2, 0.25) is 0 Å². The molecule has 0 saturated carbocycles. The SMILES string of the molecule is O=C(O)c1cc([N+](=O)[O-])cc([N+](=O)[O-])c1-c1ccc(-c2ccccc2)cc1. The van der Waals surface area contributed by atoms with Crippen LogP contribution in [-0.2, 0) is 0 Å². The average molecular weight is 364 g/mol. The summed E-state index contributed by atoms with van der Waals surface area (Å²) in [5.74, 6) is -1.48. The smallest absolute Gasteiger partial charge is 0.336 e. The van der Waals surface area contributed by atoms with Crippen LogP contribution in [0.1, 0.15) is 10.4 Å². The van der Waals surface area contributed by atoms with Gasteiger partial charge in [0.05, 0.1) is 27.0 Å². The van der Waals surface area contributed by atoms with Crippen molar-refractivity contribution in [1.29, 1.82) is 0 Å². The molecule has 0 radical (unpaired) electrons. The molecule has 0 aliphatic rings. The number of non-ortho nitro benzene ring substituents is 1. The molecule has 0 aliphatic heterocycles. The predicted octanol–water partition coefficient (Wildman–Crippen LogP) is 4.54. The van der Waals surface area contributed by atoms with E-state index in [0.717, 1.165) is 23.3 Å². The fourth-order valence-corrected chi connectivity index (χ4v) is 2.79. The zero-order valence-corrected chi connectivity index (χ0v) is 13.7. The molecule has 27 heavy (non-hydrogen) atoms. The second-order valence-corrected chi connectivity index (χ2v) is 5.65. The van der Waals surface area contributed by atoms with Crippen molar-refractivity contribution < 1.29 is 19.7 Å². The fraction of sp³-hybridized carbons (Fsp3) is 0. The van der Waals surface area contributed by atoms with Crippen molar-refractivity contribution in [3.63, 3.8) is 0 Å². The molecule has 0 atom stereocenters. The molecule has 0 fully saturated rings. The van der Waals surface area contributed by atoms with Crippen molar-refractivity contribution in [2.75, 3.05) is 0 Å². The zero-order chi connectivity index (χ0) is 19.6. The fourth-order valence-electron chi connectivity index (χ4n) is 2.79. The van der Waals surface area contributed by atoms with Gasteiger partial charge in [0.1, 0.15) is 0 Å². The van der Waals surface area contributed by atoms with E-state index in [1.54, 1.807) is 24.3 Å². The molecule has 8 heteroatoms. The summed E-state index contributed by atoms with van der Waals surface area (Å²) in [4.78, 5) is 32.3. The average Bonchev–Trinajstić information content (AvgIpc) is 2.67. The van der Waals surface area contributed by atoms with Crippen LogP contribution in [0.4, 0.5) is 11.4 Å². The summed E-state index contributed by atoms with van der Waals surface area (Å²) in [7, 11) is 0. The van der Waals surface area contributed by atoms with Gasteiger partial charge in [0.15, 0.2) is 0 Å². The Morgan fingerprint density at radius 2 is 1.33 bits per heavy atom. The number of carbonyl (C=O) groups is 1. The van der Waals surface area contributed by atoms with Crippen molar-refractivity contribution in [2.24, 2.45) is 0 Å². The molecule has 0 bridgehead atoms. The first-order chi connectivity index (χ1) is 12.9. The Kier molecular flexibility index (Phi) is 4.63. The van der Waals surface area contributed by atoms with Crippen LogP contribution in [0.25, 0.3) is 22.3 Å². The van der Waals surface area contributed by atoms with Crippen molar-refractivity contribution in [3.8, 4) is 22.3 Å². The molecule has 0 saturated heterocycles. The number of hydrogen-bond donors (Lipinski definition) is 1. The maximum absolute atomic E-state index is 11.6. The van der Waals surface area contributed by atoms with Gasteiger partial charge in [0.2, 0.25) is 0 Å². The summed E-state index contributed by atoms with van der Waals surface area (Å²) in [6.45, 7) is 0. The highest BCUT2D eigenvalue weighted by atomic mass is 16.6. The Morgan fingerprint density at radius 3 is 1.85 bits per heavy atom. The number of benzene rings is 3. The van der Waals surface area contributed by atoms with Gasteiger partial charge in [0, 0.05) is 6.07 Å². The third kappa shape index (κ3) is 3.49. The Hall–Kier alpha value is -4.07. The summed E-state index contributed by atoms with van der Waals surface area (Å²) in [5.41, 5.74) is 0.120. The molecular weight excluding hydrogens is 352 g/mol. The summed E-state index contributed by atoms with van der Waals surface area (Å²) in [6.07, 6.45) is 0. The van der Waals surface area contributed by atoms with Gasteiger partial charge in [-0.05, 0) is 16.7 Å². The van der Waals surface area contributed by atoms with Gasteiger partial charge in [-0.3, -0.25) is 20.2 Å². The molecule has 0 unspecified atom stereocenters. The molecule has 0 aromatic heterocycles. The second kappa shape index (κ2) is 7.04. The molecule has 8 nitrogen and oxygen atoms in total. The van der Waals surface area contributed by atoms with Crippen molar-refractivity contribution in [2.45, 2.75) is 0 Å². The normalized spacial score (nSPS) is 10.4. The van der Waals surface area contributed by atoms with Crippen LogP contribution < -0.4 is 0 Å². The summed E-state index contributed by atoms with van der Waals surface area (Å²) in [5, 5.41) is 31.8. The number of rotatable bonds is 5. The van der Waals surface area contributed by atoms with Crippen LogP contribution >= 0.6 is 0 Å². The lowest BCUT2D eigenvalue weighted by Crippen LogP contribution is -2.05. The first-order valence-electron chi connectivity index (χ1n) is 7.74. The minimum Gasteiger partial charge on any atom is -0.478 e. The monoisotopic (exact) mass is 364 g/mol. The second-order valence-electron chi connectivity index (χ2n) is 5.65. The number of nitro groups is 2. The molecule has 3 aromatic carbocycles. The molecule has 0 amide bonds. The van der Waals surface area contributed by atoms with Gasteiger partial charge < -0.3 is 5.11 Å². The molecule has 134 valence electrons. The summed E-state index contributed by atoms with van der Waals surface area (Å²) >= 11 is 0. The third-order valence-electron chi connectivity index (χ3n) is 4.02. The lowest BCUT2D eigenvalue weighted by atomic mass is 9.95. The maximum atomic E-state index is 11.6. The number of nitrogens with zero attached hydrogens (tertiary/aromatic N) is 2. The van der Waals surface area contributed by atoms with Gasteiger partial charge in [-0.15, -0.1) is 0 Å². The van der Waals surface area contributed by atoms with E-state index in [1.165, 1.54) is 0 Å². The van der Waals surface area contributed by atoms with Crippen LogP contribution in [0.5, 0.6) is 0 Å². The van der Waals surface area contributed by atoms with Crippen molar-refractivity contribution in [3.05, 3.63) is 92.5 Å².